The molecule has 1 aromatic heterocycles. The highest BCUT2D eigenvalue weighted by Crippen LogP contribution is 2.38. The second-order valence-electron chi connectivity index (χ2n) is 6.98. The molecule has 2 aromatic carbocycles. The highest BCUT2D eigenvalue weighted by molar-refractivity contribution is 7.98. The minimum absolute atomic E-state index is 0.101. The lowest BCUT2D eigenvalue weighted by atomic mass is 10.2. The Labute approximate surface area is 199 Å². The summed E-state index contributed by atoms with van der Waals surface area (Å²) in [5.41, 5.74) is 1.86. The van der Waals surface area contributed by atoms with E-state index < -0.39 is 5.97 Å². The number of nitrogens with zero attached hydrogens (tertiary/aromatic N) is 2. The molecule has 2 heterocycles. The second-order valence-corrected chi connectivity index (χ2v) is 8.35. The smallest absolute Gasteiger partial charge is 0.357 e. The van der Waals surface area contributed by atoms with Gasteiger partial charge in [0.25, 0.3) is 0 Å². The molecular formula is C23H21ClN2O6S. The first-order valence-electron chi connectivity index (χ1n) is 10.1. The van der Waals surface area contributed by atoms with E-state index in [1.807, 2.05) is 24.3 Å². The second kappa shape index (κ2) is 10.2. The molecule has 10 heteroatoms. The molecule has 0 radical (unpaired) electrons. The van der Waals surface area contributed by atoms with Gasteiger partial charge in [0.15, 0.2) is 29.3 Å². The first-order chi connectivity index (χ1) is 16.0. The fourth-order valence-electron chi connectivity index (χ4n) is 3.32. The van der Waals surface area contributed by atoms with Gasteiger partial charge in [0.05, 0.1) is 20.3 Å². The van der Waals surface area contributed by atoms with Crippen molar-refractivity contribution >= 4 is 35.6 Å². The van der Waals surface area contributed by atoms with E-state index in [0.717, 1.165) is 11.3 Å². The van der Waals surface area contributed by atoms with Gasteiger partial charge in [-0.05, 0) is 36.2 Å². The van der Waals surface area contributed by atoms with Crippen molar-refractivity contribution in [1.82, 2.24) is 9.55 Å². The standard InChI is InChI=1S/C23H21ClN2O6S/c1-3-30-23(28)21-22(33-12-14-4-6-16(29-2)7-5-14)25-20(11-27)26(21)10-15-8-18-19(9-17(15)24)32-13-31-18/h4-9,11H,3,10,12-13H2,1-2H3. The Balaban J connectivity index is 1.67. The van der Waals surface area contributed by atoms with Crippen molar-refractivity contribution in [2.24, 2.45) is 0 Å². The van der Waals surface area contributed by atoms with Gasteiger partial charge in [0, 0.05) is 16.8 Å². The van der Waals surface area contributed by atoms with Gasteiger partial charge in [-0.15, -0.1) is 0 Å². The number of rotatable bonds is 9. The number of fused-ring (bicyclic) bond motifs is 1. The van der Waals surface area contributed by atoms with Crippen molar-refractivity contribution in [3.63, 3.8) is 0 Å². The summed E-state index contributed by atoms with van der Waals surface area (Å²) in [5.74, 6) is 1.93. The summed E-state index contributed by atoms with van der Waals surface area (Å²) in [5, 5.41) is 0.829. The minimum Gasteiger partial charge on any atom is -0.497 e. The van der Waals surface area contributed by atoms with Crippen LogP contribution in [0.5, 0.6) is 17.2 Å². The van der Waals surface area contributed by atoms with Gasteiger partial charge in [0.1, 0.15) is 10.8 Å². The monoisotopic (exact) mass is 488 g/mol. The molecule has 0 fully saturated rings. The van der Waals surface area contributed by atoms with Gasteiger partial charge in [0.2, 0.25) is 6.79 Å². The van der Waals surface area contributed by atoms with Crippen LogP contribution in [0.3, 0.4) is 0 Å². The zero-order valence-electron chi connectivity index (χ0n) is 18.0. The summed E-state index contributed by atoms with van der Waals surface area (Å²) in [6.07, 6.45) is 0.612. The zero-order valence-corrected chi connectivity index (χ0v) is 19.6. The van der Waals surface area contributed by atoms with Crippen LogP contribution in [0.4, 0.5) is 0 Å². The van der Waals surface area contributed by atoms with Crippen LogP contribution in [0.1, 0.15) is 39.2 Å². The third-order valence-corrected chi connectivity index (χ3v) is 6.33. The van der Waals surface area contributed by atoms with Crippen LogP contribution in [0.25, 0.3) is 0 Å². The van der Waals surface area contributed by atoms with Gasteiger partial charge in [-0.2, -0.15) is 0 Å². The molecule has 1 aliphatic heterocycles. The fourth-order valence-corrected chi connectivity index (χ4v) is 4.52. The van der Waals surface area contributed by atoms with Crippen molar-refractivity contribution < 1.29 is 28.5 Å². The van der Waals surface area contributed by atoms with Crippen LogP contribution in [-0.4, -0.2) is 42.3 Å². The normalized spacial score (nSPS) is 12.0. The summed E-state index contributed by atoms with van der Waals surface area (Å²) < 4.78 is 22.8. The number of thioether (sulfide) groups is 1. The lowest BCUT2D eigenvalue weighted by Gasteiger charge is -2.12. The Bertz CT molecular complexity index is 1180. The number of aromatic nitrogens is 2. The zero-order chi connectivity index (χ0) is 23.4. The average Bonchev–Trinajstić information content (AvgIpc) is 3.42. The van der Waals surface area contributed by atoms with E-state index in [0.29, 0.717) is 39.2 Å². The molecule has 0 spiro atoms. The molecule has 1 aliphatic rings. The number of carbonyl (C=O) groups excluding carboxylic acids is 2. The van der Waals surface area contributed by atoms with Crippen molar-refractivity contribution in [1.29, 1.82) is 0 Å². The number of halogens is 1. The number of esters is 1. The summed E-state index contributed by atoms with van der Waals surface area (Å²) in [7, 11) is 1.61. The first-order valence-corrected chi connectivity index (χ1v) is 11.5. The predicted octanol–water partition coefficient (Wildman–Crippen LogP) is 4.60. The topological polar surface area (TPSA) is 88.9 Å². The molecular weight excluding hydrogens is 468 g/mol. The Morgan fingerprint density at radius 2 is 1.97 bits per heavy atom. The Morgan fingerprint density at radius 3 is 2.64 bits per heavy atom. The average molecular weight is 489 g/mol. The lowest BCUT2D eigenvalue weighted by Crippen LogP contribution is -2.16. The third-order valence-electron chi connectivity index (χ3n) is 4.94. The quantitative estimate of drug-likeness (QED) is 0.245. The maximum absolute atomic E-state index is 12.9. The number of ether oxygens (including phenoxy) is 4. The van der Waals surface area contributed by atoms with Gasteiger partial charge in [-0.25, -0.2) is 9.78 Å². The van der Waals surface area contributed by atoms with Crippen LogP contribution in [-0.2, 0) is 17.0 Å². The van der Waals surface area contributed by atoms with Crippen molar-refractivity contribution in [2.45, 2.75) is 24.2 Å². The molecule has 0 unspecified atom stereocenters. The molecule has 0 amide bonds. The minimum atomic E-state index is -0.563. The Hall–Kier alpha value is -3.17. The molecule has 0 saturated carbocycles. The van der Waals surface area contributed by atoms with Gasteiger partial charge in [-0.1, -0.05) is 35.5 Å². The largest absolute Gasteiger partial charge is 0.497 e. The number of imidazole rings is 1. The molecule has 0 N–H and O–H groups in total. The Morgan fingerprint density at radius 1 is 1.24 bits per heavy atom. The summed E-state index contributed by atoms with van der Waals surface area (Å²) in [4.78, 5) is 29.1. The van der Waals surface area contributed by atoms with Crippen LogP contribution >= 0.6 is 23.4 Å². The highest BCUT2D eigenvalue weighted by Gasteiger charge is 2.26. The third kappa shape index (κ3) is 4.94. The molecule has 33 heavy (non-hydrogen) atoms. The van der Waals surface area contributed by atoms with E-state index in [1.165, 1.54) is 16.3 Å². The SMILES string of the molecule is CCOC(=O)c1c(SCc2ccc(OC)cc2)nc(C=O)n1Cc1cc2c(cc1Cl)OCO2. The maximum Gasteiger partial charge on any atom is 0.357 e. The van der Waals surface area contributed by atoms with E-state index in [2.05, 4.69) is 4.98 Å². The van der Waals surface area contributed by atoms with Crippen LogP contribution in [0.2, 0.25) is 5.02 Å². The van der Waals surface area contributed by atoms with Gasteiger partial charge >= 0.3 is 5.97 Å². The first kappa shape index (κ1) is 23.0. The molecule has 4 rings (SSSR count). The van der Waals surface area contributed by atoms with Crippen molar-refractivity contribution in [3.05, 3.63) is 64.1 Å². The number of hydrogen-bond acceptors (Lipinski definition) is 8. The van der Waals surface area contributed by atoms with Crippen molar-refractivity contribution in [2.75, 3.05) is 20.5 Å². The fraction of sp³-hybridized carbons (Fsp3) is 0.261. The van der Waals surface area contributed by atoms with Gasteiger partial charge in [-0.3, -0.25) is 4.79 Å². The predicted molar refractivity (Wildman–Crippen MR) is 123 cm³/mol. The molecule has 0 atom stereocenters. The number of carbonyl (C=O) groups is 2. The Kier molecular flexibility index (Phi) is 7.10. The molecule has 3 aromatic rings. The van der Waals surface area contributed by atoms with E-state index >= 15 is 0 Å². The highest BCUT2D eigenvalue weighted by atomic mass is 35.5. The molecule has 0 aliphatic carbocycles. The molecule has 0 saturated heterocycles. The van der Waals surface area contributed by atoms with Crippen LogP contribution < -0.4 is 14.2 Å². The number of benzene rings is 2. The molecule has 8 nitrogen and oxygen atoms in total. The lowest BCUT2D eigenvalue weighted by molar-refractivity contribution is 0.0509. The van der Waals surface area contributed by atoms with Crippen LogP contribution in [0.15, 0.2) is 41.4 Å². The summed E-state index contributed by atoms with van der Waals surface area (Å²) in [6, 6.07) is 11.0. The van der Waals surface area contributed by atoms with Crippen molar-refractivity contribution in [3.8, 4) is 17.2 Å². The summed E-state index contributed by atoms with van der Waals surface area (Å²) >= 11 is 7.77. The number of methoxy groups -OCH3 is 1. The maximum atomic E-state index is 12.9. The van der Waals surface area contributed by atoms with E-state index in [4.69, 9.17) is 30.5 Å². The molecule has 0 bridgehead atoms. The van der Waals surface area contributed by atoms with Crippen LogP contribution in [0, 0.1) is 0 Å². The van der Waals surface area contributed by atoms with E-state index in [1.54, 1.807) is 26.2 Å². The van der Waals surface area contributed by atoms with E-state index in [-0.39, 0.29) is 31.5 Å². The van der Waals surface area contributed by atoms with Gasteiger partial charge < -0.3 is 23.5 Å². The molecule has 172 valence electrons. The number of aldehydes is 1. The summed E-state index contributed by atoms with van der Waals surface area (Å²) in [6.45, 7) is 2.15. The van der Waals surface area contributed by atoms with E-state index in [9.17, 15) is 9.59 Å². The number of hydrogen-bond donors (Lipinski definition) is 0.